The molecule has 170 valence electrons. The Hall–Kier alpha value is -2.73. The van der Waals surface area contributed by atoms with Crippen LogP contribution in [0.4, 0.5) is 0 Å². The molecule has 1 amide bonds. The van der Waals surface area contributed by atoms with Crippen molar-refractivity contribution in [3.8, 4) is 33.2 Å². The van der Waals surface area contributed by atoms with Crippen LogP contribution in [-0.4, -0.2) is 41.7 Å². The van der Waals surface area contributed by atoms with Gasteiger partial charge in [0.15, 0.2) is 11.5 Å². The van der Waals surface area contributed by atoms with Gasteiger partial charge in [-0.05, 0) is 68.8 Å². The molecule has 0 atom stereocenters. The molecule has 0 radical (unpaired) electrons. The Bertz CT molecular complexity index is 1120. The van der Waals surface area contributed by atoms with Crippen LogP contribution in [0, 0.1) is 0 Å². The molecule has 0 spiro atoms. The number of hydrogen-bond acceptors (Lipinski definition) is 4. The van der Waals surface area contributed by atoms with E-state index >= 15 is 0 Å². The number of carbonyl (C=O) groups excluding carboxylic acids is 1. The number of nitrogens with zero attached hydrogens (tertiary/aromatic N) is 2. The van der Waals surface area contributed by atoms with Crippen LogP contribution in [0.2, 0.25) is 0 Å². The first-order valence-corrected chi connectivity index (χ1v) is 12.0. The fourth-order valence-corrected chi connectivity index (χ4v) is 4.83. The summed E-state index contributed by atoms with van der Waals surface area (Å²) < 4.78 is 13.8. The highest BCUT2D eigenvalue weighted by Crippen LogP contribution is 2.45. The molecule has 2 aromatic heterocycles. The largest absolute Gasteiger partial charge is 0.493 e. The molecule has 0 unspecified atom stereocenters. The highest BCUT2D eigenvalue weighted by molar-refractivity contribution is 7.13. The lowest BCUT2D eigenvalue weighted by molar-refractivity contribution is 0.0644. The van der Waals surface area contributed by atoms with Gasteiger partial charge in [-0.3, -0.25) is 4.79 Å². The van der Waals surface area contributed by atoms with Gasteiger partial charge in [0.2, 0.25) is 0 Å². The number of amides is 1. The van der Waals surface area contributed by atoms with Crippen molar-refractivity contribution >= 4 is 17.2 Å². The summed E-state index contributed by atoms with van der Waals surface area (Å²) in [5.74, 6) is 1.55. The quantitative estimate of drug-likeness (QED) is 0.453. The number of aromatic nitrogens is 1. The van der Waals surface area contributed by atoms with Gasteiger partial charge in [-0.15, -0.1) is 11.3 Å². The minimum absolute atomic E-state index is 0.0426. The first-order chi connectivity index (χ1) is 15.3. The van der Waals surface area contributed by atoms with Crippen molar-refractivity contribution < 1.29 is 14.3 Å². The molecule has 3 heterocycles. The molecule has 4 rings (SSSR count). The number of methoxy groups -OCH3 is 1. The van der Waals surface area contributed by atoms with Crippen molar-refractivity contribution in [3.63, 3.8) is 0 Å². The zero-order chi connectivity index (χ0) is 23.0. The van der Waals surface area contributed by atoms with Crippen LogP contribution < -0.4 is 9.47 Å². The van der Waals surface area contributed by atoms with Crippen molar-refractivity contribution in [3.05, 3.63) is 47.0 Å². The molecule has 1 aliphatic heterocycles. The monoisotopic (exact) mass is 452 g/mol. The standard InChI is InChI=1S/C26H32N2O3S/c1-7-12-31-22-16-18-17(14-21(22)30-6)10-11-28-20(25(29)27(5)26(2,3)4)15-19(24(18)28)23-9-8-13-32-23/h8-9,13-16H,7,10-12H2,1-6H3. The molecular weight excluding hydrogens is 420 g/mol. The summed E-state index contributed by atoms with van der Waals surface area (Å²) in [7, 11) is 3.56. The number of carbonyl (C=O) groups is 1. The van der Waals surface area contributed by atoms with Gasteiger partial charge in [0, 0.05) is 35.1 Å². The minimum atomic E-state index is -0.258. The van der Waals surface area contributed by atoms with Crippen molar-refractivity contribution in [2.75, 3.05) is 20.8 Å². The third kappa shape index (κ3) is 3.92. The van der Waals surface area contributed by atoms with Gasteiger partial charge in [-0.1, -0.05) is 13.0 Å². The second-order valence-corrected chi connectivity index (χ2v) is 10.2. The molecule has 6 heteroatoms. The number of benzene rings is 1. The minimum Gasteiger partial charge on any atom is -0.493 e. The van der Waals surface area contributed by atoms with Gasteiger partial charge in [0.05, 0.1) is 19.4 Å². The van der Waals surface area contributed by atoms with E-state index in [1.54, 1.807) is 18.4 Å². The van der Waals surface area contributed by atoms with Crippen LogP contribution >= 0.6 is 11.3 Å². The Morgan fingerprint density at radius 2 is 1.97 bits per heavy atom. The summed E-state index contributed by atoms with van der Waals surface area (Å²) in [4.78, 5) is 16.5. The lowest BCUT2D eigenvalue weighted by atomic mass is 9.95. The fourth-order valence-electron chi connectivity index (χ4n) is 4.09. The van der Waals surface area contributed by atoms with E-state index in [-0.39, 0.29) is 11.4 Å². The van der Waals surface area contributed by atoms with Gasteiger partial charge in [0.25, 0.3) is 5.91 Å². The molecular formula is C26H32N2O3S. The molecule has 3 aromatic rings. The first-order valence-electron chi connectivity index (χ1n) is 11.2. The molecule has 0 saturated heterocycles. The van der Waals surface area contributed by atoms with Crippen molar-refractivity contribution in [1.29, 1.82) is 0 Å². The van der Waals surface area contributed by atoms with Crippen molar-refractivity contribution in [2.24, 2.45) is 0 Å². The maximum atomic E-state index is 13.5. The third-order valence-corrected chi connectivity index (χ3v) is 7.03. The Balaban J connectivity index is 1.92. The predicted octanol–water partition coefficient (Wildman–Crippen LogP) is 6.11. The Kier molecular flexibility index (Phi) is 6.08. The number of ether oxygens (including phenoxy) is 2. The second-order valence-electron chi connectivity index (χ2n) is 9.21. The van der Waals surface area contributed by atoms with Crippen molar-refractivity contribution in [1.82, 2.24) is 9.47 Å². The van der Waals surface area contributed by atoms with E-state index in [9.17, 15) is 4.79 Å². The fraction of sp³-hybridized carbons (Fsp3) is 0.423. The molecule has 0 saturated carbocycles. The third-order valence-electron chi connectivity index (χ3n) is 6.12. The summed E-state index contributed by atoms with van der Waals surface area (Å²) in [6, 6.07) is 10.4. The van der Waals surface area contributed by atoms with Crippen LogP contribution in [0.15, 0.2) is 35.7 Å². The average Bonchev–Trinajstić information content (AvgIpc) is 3.43. The molecule has 0 fully saturated rings. The van der Waals surface area contributed by atoms with E-state index in [4.69, 9.17) is 9.47 Å². The maximum absolute atomic E-state index is 13.5. The van der Waals surface area contributed by atoms with E-state index < -0.39 is 0 Å². The summed E-state index contributed by atoms with van der Waals surface area (Å²) in [6.07, 6.45) is 1.76. The van der Waals surface area contributed by atoms with Crippen LogP contribution in [0.25, 0.3) is 21.7 Å². The lowest BCUT2D eigenvalue weighted by Gasteiger charge is -2.32. The van der Waals surface area contributed by atoms with Crippen LogP contribution in [0.3, 0.4) is 0 Å². The Morgan fingerprint density at radius 1 is 1.19 bits per heavy atom. The van der Waals surface area contributed by atoms with Crippen LogP contribution in [0.5, 0.6) is 11.5 Å². The number of thiophene rings is 1. The van der Waals surface area contributed by atoms with Crippen LogP contribution in [0.1, 0.15) is 50.2 Å². The highest BCUT2D eigenvalue weighted by atomic mass is 32.1. The zero-order valence-electron chi connectivity index (χ0n) is 19.8. The van der Waals surface area contributed by atoms with E-state index in [2.05, 4.69) is 68.0 Å². The average molecular weight is 453 g/mol. The Labute approximate surface area is 194 Å². The maximum Gasteiger partial charge on any atom is 0.270 e. The summed E-state index contributed by atoms with van der Waals surface area (Å²) in [5.41, 5.74) is 4.99. The van der Waals surface area contributed by atoms with E-state index in [1.807, 2.05) is 11.9 Å². The van der Waals surface area contributed by atoms with Gasteiger partial charge in [-0.2, -0.15) is 0 Å². The number of aryl methyl sites for hydroxylation is 1. The second kappa shape index (κ2) is 8.66. The highest BCUT2D eigenvalue weighted by Gasteiger charge is 2.32. The van der Waals surface area contributed by atoms with Crippen molar-refractivity contribution in [2.45, 2.75) is 52.6 Å². The smallest absolute Gasteiger partial charge is 0.270 e. The van der Waals surface area contributed by atoms with E-state index in [1.165, 1.54) is 5.56 Å². The van der Waals surface area contributed by atoms with Gasteiger partial charge < -0.3 is 18.9 Å². The summed E-state index contributed by atoms with van der Waals surface area (Å²) in [5, 5.41) is 2.08. The van der Waals surface area contributed by atoms with Crippen LogP contribution in [-0.2, 0) is 13.0 Å². The van der Waals surface area contributed by atoms with Gasteiger partial charge in [-0.25, -0.2) is 0 Å². The molecule has 0 aliphatic carbocycles. The predicted molar refractivity (Wildman–Crippen MR) is 131 cm³/mol. The molecule has 32 heavy (non-hydrogen) atoms. The summed E-state index contributed by atoms with van der Waals surface area (Å²) in [6.45, 7) is 9.66. The number of hydrogen-bond donors (Lipinski definition) is 0. The topological polar surface area (TPSA) is 43.7 Å². The zero-order valence-corrected chi connectivity index (χ0v) is 20.6. The first kappa shape index (κ1) is 22.5. The molecule has 0 N–H and O–H groups in total. The van der Waals surface area contributed by atoms with E-state index in [0.717, 1.165) is 58.3 Å². The molecule has 5 nitrogen and oxygen atoms in total. The molecule has 1 aromatic carbocycles. The normalized spacial score (nSPS) is 12.8. The number of fused-ring (bicyclic) bond motifs is 3. The molecule has 1 aliphatic rings. The van der Waals surface area contributed by atoms with Gasteiger partial charge in [0.1, 0.15) is 5.69 Å². The Morgan fingerprint density at radius 3 is 2.59 bits per heavy atom. The number of rotatable bonds is 6. The van der Waals surface area contributed by atoms with E-state index in [0.29, 0.717) is 6.61 Å². The van der Waals surface area contributed by atoms with Gasteiger partial charge >= 0.3 is 0 Å². The lowest BCUT2D eigenvalue weighted by Crippen LogP contribution is -2.43. The summed E-state index contributed by atoms with van der Waals surface area (Å²) >= 11 is 1.69. The SMILES string of the molecule is CCCOc1cc2c(cc1OC)CCn1c(C(=O)N(C)C(C)(C)C)cc(-c3cccs3)c1-2. The molecule has 0 bridgehead atoms.